The van der Waals surface area contributed by atoms with Crippen molar-refractivity contribution >= 4 is 29.9 Å². The van der Waals surface area contributed by atoms with Gasteiger partial charge in [0, 0.05) is 13.1 Å². The lowest BCUT2D eigenvalue weighted by Crippen LogP contribution is -2.37. The highest BCUT2D eigenvalue weighted by Gasteiger charge is 2.25. The fourth-order valence-corrected chi connectivity index (χ4v) is 1.81. The number of carboxylic acids is 1. The van der Waals surface area contributed by atoms with Gasteiger partial charge in [0.15, 0.2) is 11.6 Å². The molecule has 0 bridgehead atoms. The Morgan fingerprint density at radius 1 is 1.29 bits per heavy atom. The highest BCUT2D eigenvalue weighted by atomic mass is 35.5. The Kier molecular flexibility index (Phi) is 6.03. The Hall–Kier alpha value is -1.74. The number of hydrogen-bond donors (Lipinski definition) is 2. The lowest BCUT2D eigenvalue weighted by atomic mass is 10.3. The van der Waals surface area contributed by atoms with Crippen molar-refractivity contribution in [2.75, 3.05) is 43.1 Å². The summed E-state index contributed by atoms with van der Waals surface area (Å²) in [7, 11) is 0. The summed E-state index contributed by atoms with van der Waals surface area (Å²) in [5.74, 6) is -5.83. The van der Waals surface area contributed by atoms with E-state index in [1.807, 2.05) is 5.32 Å². The SMILES string of the molecule is Cl.O=C(O)CNc1c(F)c(F)nc(N2CCOCC2)c1F. The number of carboxylic acid groups (broad SMARTS) is 1. The van der Waals surface area contributed by atoms with Gasteiger partial charge in [-0.1, -0.05) is 0 Å². The number of aromatic nitrogens is 1. The smallest absolute Gasteiger partial charge is 0.322 e. The standard InChI is InChI=1S/C11H12F3N3O3.ClH/c12-7-9(15-5-6(18)19)8(13)11(16-10(7)14)17-1-3-20-4-2-17;/h1-5H2,(H,15,16)(H,18,19);1H. The fraction of sp³-hybridized carbons (Fsp3) is 0.455. The van der Waals surface area contributed by atoms with Crippen LogP contribution in [0.5, 0.6) is 0 Å². The molecule has 1 fully saturated rings. The summed E-state index contributed by atoms with van der Waals surface area (Å²) in [6, 6.07) is 0. The normalized spacial score (nSPS) is 14.5. The van der Waals surface area contributed by atoms with E-state index in [9.17, 15) is 18.0 Å². The molecule has 0 radical (unpaired) electrons. The second-order valence-electron chi connectivity index (χ2n) is 4.08. The van der Waals surface area contributed by atoms with Crippen molar-refractivity contribution in [3.8, 4) is 0 Å². The van der Waals surface area contributed by atoms with E-state index < -0.39 is 35.8 Å². The zero-order valence-corrected chi connectivity index (χ0v) is 11.6. The van der Waals surface area contributed by atoms with Crippen LogP contribution in [0.4, 0.5) is 24.7 Å². The topological polar surface area (TPSA) is 74.7 Å². The zero-order chi connectivity index (χ0) is 14.7. The average Bonchev–Trinajstić information content (AvgIpc) is 2.43. The summed E-state index contributed by atoms with van der Waals surface area (Å²) in [6.45, 7) is 0.469. The van der Waals surface area contributed by atoms with Crippen LogP contribution in [0.3, 0.4) is 0 Å². The number of pyridine rings is 1. The van der Waals surface area contributed by atoms with E-state index in [-0.39, 0.29) is 31.3 Å². The van der Waals surface area contributed by atoms with Crippen LogP contribution in [-0.4, -0.2) is 48.9 Å². The van der Waals surface area contributed by atoms with Crippen molar-refractivity contribution in [3.63, 3.8) is 0 Å². The summed E-state index contributed by atoms with van der Waals surface area (Å²) >= 11 is 0. The molecule has 21 heavy (non-hydrogen) atoms. The van der Waals surface area contributed by atoms with Gasteiger partial charge < -0.3 is 20.1 Å². The molecule has 1 aromatic heterocycles. The third-order valence-electron chi connectivity index (χ3n) is 2.75. The van der Waals surface area contributed by atoms with Crippen LogP contribution in [0.1, 0.15) is 0 Å². The van der Waals surface area contributed by atoms with Crippen LogP contribution in [0.2, 0.25) is 0 Å². The van der Waals surface area contributed by atoms with Crippen LogP contribution in [0.15, 0.2) is 0 Å². The maximum Gasteiger partial charge on any atom is 0.322 e. The van der Waals surface area contributed by atoms with Gasteiger partial charge in [0.1, 0.15) is 12.2 Å². The van der Waals surface area contributed by atoms with E-state index in [4.69, 9.17) is 9.84 Å². The number of carbonyl (C=O) groups is 1. The Balaban J connectivity index is 0.00000220. The first kappa shape index (κ1) is 17.3. The lowest BCUT2D eigenvalue weighted by molar-refractivity contribution is -0.134. The summed E-state index contributed by atoms with van der Waals surface area (Å²) in [5.41, 5.74) is -0.832. The Bertz CT molecular complexity index is 527. The highest BCUT2D eigenvalue weighted by Crippen LogP contribution is 2.28. The molecular weight excluding hydrogens is 315 g/mol. The molecular formula is C11H13ClF3N3O3. The Morgan fingerprint density at radius 2 is 1.90 bits per heavy atom. The van der Waals surface area contributed by atoms with Gasteiger partial charge in [-0.3, -0.25) is 4.79 Å². The molecule has 0 unspecified atom stereocenters. The first-order chi connectivity index (χ1) is 9.50. The molecule has 1 aromatic rings. The number of ether oxygens (including phenoxy) is 1. The van der Waals surface area contributed by atoms with Crippen LogP contribution >= 0.6 is 12.4 Å². The van der Waals surface area contributed by atoms with E-state index >= 15 is 0 Å². The molecule has 0 aromatic carbocycles. The largest absolute Gasteiger partial charge is 0.480 e. The van der Waals surface area contributed by atoms with Crippen molar-refractivity contribution in [1.82, 2.24) is 4.98 Å². The lowest BCUT2D eigenvalue weighted by Gasteiger charge is -2.28. The third kappa shape index (κ3) is 3.88. The number of rotatable bonds is 4. The highest BCUT2D eigenvalue weighted by molar-refractivity contribution is 5.85. The number of anilines is 2. The number of aliphatic carboxylic acids is 1. The molecule has 2 rings (SSSR count). The van der Waals surface area contributed by atoms with Crippen LogP contribution in [-0.2, 0) is 9.53 Å². The quantitative estimate of drug-likeness (QED) is 0.811. The second-order valence-corrected chi connectivity index (χ2v) is 4.08. The van der Waals surface area contributed by atoms with Crippen LogP contribution in [0.25, 0.3) is 0 Å². The van der Waals surface area contributed by atoms with Gasteiger partial charge in [-0.2, -0.15) is 13.8 Å². The van der Waals surface area contributed by atoms with Crippen molar-refractivity contribution in [2.24, 2.45) is 0 Å². The first-order valence-electron chi connectivity index (χ1n) is 5.83. The number of nitrogens with one attached hydrogen (secondary N) is 1. The molecule has 10 heteroatoms. The van der Waals surface area contributed by atoms with Gasteiger partial charge in [0.2, 0.25) is 5.82 Å². The number of morpholine rings is 1. The summed E-state index contributed by atoms with van der Waals surface area (Å²) in [4.78, 5) is 15.1. The van der Waals surface area contributed by atoms with Gasteiger partial charge in [-0.15, -0.1) is 12.4 Å². The number of hydrogen-bond acceptors (Lipinski definition) is 5. The van der Waals surface area contributed by atoms with E-state index in [0.717, 1.165) is 0 Å². The minimum absolute atomic E-state index is 0. The molecule has 0 spiro atoms. The molecule has 1 saturated heterocycles. The minimum Gasteiger partial charge on any atom is -0.480 e. The maximum atomic E-state index is 14.1. The molecule has 0 saturated carbocycles. The van der Waals surface area contributed by atoms with E-state index in [0.29, 0.717) is 13.2 Å². The number of halogens is 4. The van der Waals surface area contributed by atoms with Gasteiger partial charge in [-0.05, 0) is 0 Å². The Morgan fingerprint density at radius 3 is 2.48 bits per heavy atom. The molecule has 0 aliphatic carbocycles. The van der Waals surface area contributed by atoms with Gasteiger partial charge in [0.25, 0.3) is 5.95 Å². The zero-order valence-electron chi connectivity index (χ0n) is 10.7. The number of nitrogens with zero attached hydrogens (tertiary/aromatic N) is 2. The van der Waals surface area contributed by atoms with Crippen molar-refractivity contribution in [2.45, 2.75) is 0 Å². The van der Waals surface area contributed by atoms with Gasteiger partial charge in [-0.25, -0.2) is 4.39 Å². The fourth-order valence-electron chi connectivity index (χ4n) is 1.81. The van der Waals surface area contributed by atoms with Crippen molar-refractivity contribution in [1.29, 1.82) is 0 Å². The Labute approximate surface area is 124 Å². The predicted molar refractivity (Wildman–Crippen MR) is 70.5 cm³/mol. The molecule has 0 atom stereocenters. The summed E-state index contributed by atoms with van der Waals surface area (Å²) < 4.78 is 46.1. The van der Waals surface area contributed by atoms with E-state index in [1.54, 1.807) is 0 Å². The van der Waals surface area contributed by atoms with Crippen LogP contribution < -0.4 is 10.2 Å². The predicted octanol–water partition coefficient (Wildman–Crippen LogP) is 1.25. The van der Waals surface area contributed by atoms with Crippen molar-refractivity contribution in [3.05, 3.63) is 17.6 Å². The second kappa shape index (κ2) is 7.32. The van der Waals surface area contributed by atoms with Gasteiger partial charge in [0.05, 0.1) is 13.2 Å². The first-order valence-corrected chi connectivity index (χ1v) is 5.83. The molecule has 2 heterocycles. The molecule has 0 amide bonds. The molecule has 2 N–H and O–H groups in total. The average molecular weight is 328 g/mol. The van der Waals surface area contributed by atoms with E-state index in [2.05, 4.69) is 4.98 Å². The summed E-state index contributed by atoms with van der Waals surface area (Å²) in [6.07, 6.45) is 0. The molecule has 6 nitrogen and oxygen atoms in total. The molecule has 118 valence electrons. The van der Waals surface area contributed by atoms with Crippen molar-refractivity contribution < 1.29 is 27.8 Å². The molecule has 1 aliphatic heterocycles. The monoisotopic (exact) mass is 327 g/mol. The maximum absolute atomic E-state index is 14.1. The van der Waals surface area contributed by atoms with E-state index in [1.165, 1.54) is 4.90 Å². The third-order valence-corrected chi connectivity index (χ3v) is 2.75. The summed E-state index contributed by atoms with van der Waals surface area (Å²) in [5, 5.41) is 10.5. The van der Waals surface area contributed by atoms with Crippen LogP contribution in [0, 0.1) is 17.6 Å². The molecule has 1 aliphatic rings. The van der Waals surface area contributed by atoms with Gasteiger partial charge >= 0.3 is 5.97 Å². The minimum atomic E-state index is -1.54.